The Bertz CT molecular complexity index is 1090. The van der Waals surface area contributed by atoms with E-state index in [-0.39, 0.29) is 23.9 Å². The standard InChI is InChI=1S/C27H35N5O3/c1-6-7-12-24(33)32(25(18(2)3)27(34)35-19(4)5)17-20-13-15-21(16-14-20)22-10-8-9-11-23(22)26-28-30-31-29-26/h8-11,13-16,18-19,25H,6-7,12,17H2,1-5H3,(H,28,29,30,31). The van der Waals surface area contributed by atoms with E-state index in [4.69, 9.17) is 4.74 Å². The first kappa shape index (κ1) is 26.1. The molecule has 1 aromatic heterocycles. The smallest absolute Gasteiger partial charge is 0.329 e. The van der Waals surface area contributed by atoms with Crippen LogP contribution in [0.2, 0.25) is 0 Å². The zero-order chi connectivity index (χ0) is 25.4. The van der Waals surface area contributed by atoms with E-state index in [0.29, 0.717) is 18.8 Å². The van der Waals surface area contributed by atoms with Gasteiger partial charge in [0.15, 0.2) is 0 Å². The van der Waals surface area contributed by atoms with Crippen LogP contribution >= 0.6 is 0 Å². The fraction of sp³-hybridized carbons (Fsp3) is 0.444. The van der Waals surface area contributed by atoms with Gasteiger partial charge in [-0.25, -0.2) is 4.79 Å². The number of aromatic nitrogens is 4. The maximum absolute atomic E-state index is 13.2. The molecule has 35 heavy (non-hydrogen) atoms. The molecule has 1 heterocycles. The Morgan fingerprint density at radius 3 is 2.26 bits per heavy atom. The van der Waals surface area contributed by atoms with Gasteiger partial charge in [-0.15, -0.1) is 10.2 Å². The van der Waals surface area contributed by atoms with Gasteiger partial charge in [-0.05, 0) is 48.1 Å². The van der Waals surface area contributed by atoms with Crippen LogP contribution in [-0.4, -0.2) is 49.5 Å². The molecule has 0 saturated heterocycles. The lowest BCUT2D eigenvalue weighted by Crippen LogP contribution is -2.48. The Hall–Kier alpha value is -3.55. The first-order valence-corrected chi connectivity index (χ1v) is 12.2. The van der Waals surface area contributed by atoms with E-state index in [0.717, 1.165) is 35.1 Å². The van der Waals surface area contributed by atoms with E-state index in [1.54, 1.807) is 4.90 Å². The van der Waals surface area contributed by atoms with Crippen LogP contribution in [0.5, 0.6) is 0 Å². The van der Waals surface area contributed by atoms with Crippen LogP contribution in [0.4, 0.5) is 0 Å². The van der Waals surface area contributed by atoms with Crippen molar-refractivity contribution in [3.8, 4) is 22.5 Å². The average molecular weight is 478 g/mol. The number of nitrogens with one attached hydrogen (secondary N) is 1. The fourth-order valence-corrected chi connectivity index (χ4v) is 4.07. The number of hydrogen-bond acceptors (Lipinski definition) is 6. The molecule has 0 saturated carbocycles. The second-order valence-electron chi connectivity index (χ2n) is 9.28. The third-order valence-electron chi connectivity index (χ3n) is 5.76. The average Bonchev–Trinajstić information content (AvgIpc) is 3.37. The Morgan fingerprint density at radius 1 is 1.00 bits per heavy atom. The Morgan fingerprint density at radius 2 is 1.69 bits per heavy atom. The van der Waals surface area contributed by atoms with Crippen molar-refractivity contribution in [2.24, 2.45) is 5.92 Å². The highest BCUT2D eigenvalue weighted by molar-refractivity contribution is 5.85. The molecular formula is C27H35N5O3. The van der Waals surface area contributed by atoms with Crippen LogP contribution in [0.3, 0.4) is 0 Å². The fourth-order valence-electron chi connectivity index (χ4n) is 4.07. The molecule has 1 atom stereocenters. The number of hydrogen-bond donors (Lipinski definition) is 1. The van der Waals surface area contributed by atoms with Crippen molar-refractivity contribution < 1.29 is 14.3 Å². The quantitative estimate of drug-likeness (QED) is 0.389. The number of nitrogens with zero attached hydrogens (tertiary/aromatic N) is 4. The normalized spacial score (nSPS) is 12.1. The molecule has 1 unspecified atom stereocenters. The number of aromatic amines is 1. The van der Waals surface area contributed by atoms with E-state index in [2.05, 4.69) is 27.5 Å². The lowest BCUT2D eigenvalue weighted by Gasteiger charge is -2.33. The molecule has 3 rings (SSSR count). The monoisotopic (exact) mass is 477 g/mol. The molecule has 1 amide bonds. The van der Waals surface area contributed by atoms with Crippen molar-refractivity contribution in [3.63, 3.8) is 0 Å². The van der Waals surface area contributed by atoms with E-state index < -0.39 is 6.04 Å². The van der Waals surface area contributed by atoms with Gasteiger partial charge in [0.2, 0.25) is 11.7 Å². The summed E-state index contributed by atoms with van der Waals surface area (Å²) in [5.74, 6) is 0.0667. The molecule has 0 fully saturated rings. The topological polar surface area (TPSA) is 101 Å². The van der Waals surface area contributed by atoms with Crippen LogP contribution in [0, 0.1) is 5.92 Å². The summed E-state index contributed by atoms with van der Waals surface area (Å²) >= 11 is 0. The van der Waals surface area contributed by atoms with Crippen LogP contribution in [0.15, 0.2) is 48.5 Å². The number of carbonyl (C=O) groups excluding carboxylic acids is 2. The van der Waals surface area contributed by atoms with Crippen molar-refractivity contribution in [3.05, 3.63) is 54.1 Å². The van der Waals surface area contributed by atoms with Gasteiger partial charge in [0.25, 0.3) is 0 Å². The third-order valence-corrected chi connectivity index (χ3v) is 5.76. The van der Waals surface area contributed by atoms with Gasteiger partial charge in [-0.1, -0.05) is 75.7 Å². The molecule has 8 nitrogen and oxygen atoms in total. The predicted molar refractivity (Wildman–Crippen MR) is 135 cm³/mol. The lowest BCUT2D eigenvalue weighted by atomic mass is 9.97. The minimum atomic E-state index is -0.639. The van der Waals surface area contributed by atoms with Crippen molar-refractivity contribution in [2.45, 2.75) is 72.6 Å². The molecule has 0 aliphatic rings. The minimum Gasteiger partial charge on any atom is -0.461 e. The number of rotatable bonds is 11. The summed E-state index contributed by atoms with van der Waals surface area (Å²) in [6, 6.07) is 15.2. The van der Waals surface area contributed by atoms with Gasteiger partial charge in [0.1, 0.15) is 6.04 Å². The summed E-state index contributed by atoms with van der Waals surface area (Å²) in [7, 11) is 0. The van der Waals surface area contributed by atoms with E-state index in [1.165, 1.54) is 0 Å². The van der Waals surface area contributed by atoms with E-state index >= 15 is 0 Å². The number of benzene rings is 2. The number of carbonyl (C=O) groups is 2. The molecule has 0 radical (unpaired) electrons. The maximum Gasteiger partial charge on any atom is 0.329 e. The SMILES string of the molecule is CCCCC(=O)N(Cc1ccc(-c2ccccc2-c2nn[nH]n2)cc1)C(C(=O)OC(C)C)C(C)C. The summed E-state index contributed by atoms with van der Waals surface area (Å²) in [5, 5.41) is 14.4. The van der Waals surface area contributed by atoms with Crippen LogP contribution in [0.1, 0.15) is 59.4 Å². The summed E-state index contributed by atoms with van der Waals surface area (Å²) in [6.45, 7) is 9.93. The summed E-state index contributed by atoms with van der Waals surface area (Å²) in [4.78, 5) is 27.8. The first-order valence-electron chi connectivity index (χ1n) is 12.2. The highest BCUT2D eigenvalue weighted by Crippen LogP contribution is 2.30. The maximum atomic E-state index is 13.2. The van der Waals surface area contributed by atoms with Crippen molar-refractivity contribution >= 4 is 11.9 Å². The molecule has 0 aliphatic carbocycles. The Labute approximate surface area is 207 Å². The van der Waals surface area contributed by atoms with Gasteiger partial charge in [0, 0.05) is 18.5 Å². The largest absolute Gasteiger partial charge is 0.461 e. The molecule has 3 aromatic rings. The zero-order valence-electron chi connectivity index (χ0n) is 21.2. The highest BCUT2D eigenvalue weighted by atomic mass is 16.5. The molecule has 186 valence electrons. The number of esters is 1. The summed E-state index contributed by atoms with van der Waals surface area (Å²) in [6.07, 6.45) is 1.86. The minimum absolute atomic E-state index is 0.0298. The Balaban J connectivity index is 1.88. The van der Waals surface area contributed by atoms with Crippen molar-refractivity contribution in [2.75, 3.05) is 0 Å². The second kappa shape index (κ2) is 12.2. The predicted octanol–water partition coefficient (Wildman–Crippen LogP) is 5.03. The molecule has 1 N–H and O–H groups in total. The van der Waals surface area contributed by atoms with Gasteiger partial charge in [-0.3, -0.25) is 4.79 Å². The molecular weight excluding hydrogens is 442 g/mol. The summed E-state index contributed by atoms with van der Waals surface area (Å²) < 4.78 is 5.52. The number of amides is 1. The number of H-pyrrole nitrogens is 1. The molecule has 0 aliphatic heterocycles. The van der Waals surface area contributed by atoms with Gasteiger partial charge < -0.3 is 9.64 Å². The third kappa shape index (κ3) is 6.74. The lowest BCUT2D eigenvalue weighted by molar-refractivity contribution is -0.161. The van der Waals surface area contributed by atoms with E-state index in [1.807, 2.05) is 76.2 Å². The van der Waals surface area contributed by atoms with Crippen LogP contribution in [-0.2, 0) is 20.9 Å². The van der Waals surface area contributed by atoms with E-state index in [9.17, 15) is 9.59 Å². The highest BCUT2D eigenvalue weighted by Gasteiger charge is 2.34. The van der Waals surface area contributed by atoms with Crippen LogP contribution < -0.4 is 0 Å². The molecule has 0 spiro atoms. The second-order valence-corrected chi connectivity index (χ2v) is 9.28. The molecule has 0 bridgehead atoms. The number of unbranched alkanes of at least 4 members (excludes halogenated alkanes) is 1. The molecule has 8 heteroatoms. The first-order chi connectivity index (χ1) is 16.8. The summed E-state index contributed by atoms with van der Waals surface area (Å²) in [5.41, 5.74) is 3.80. The van der Waals surface area contributed by atoms with Crippen molar-refractivity contribution in [1.82, 2.24) is 25.5 Å². The zero-order valence-corrected chi connectivity index (χ0v) is 21.2. The van der Waals surface area contributed by atoms with Gasteiger partial charge in [-0.2, -0.15) is 5.21 Å². The molecule has 2 aromatic carbocycles. The number of ether oxygens (including phenoxy) is 1. The number of tetrazole rings is 1. The van der Waals surface area contributed by atoms with Crippen LogP contribution in [0.25, 0.3) is 22.5 Å². The Kier molecular flexibility index (Phi) is 9.11. The van der Waals surface area contributed by atoms with Gasteiger partial charge in [0.05, 0.1) is 6.10 Å². The van der Waals surface area contributed by atoms with Gasteiger partial charge >= 0.3 is 5.97 Å². The van der Waals surface area contributed by atoms with Crippen molar-refractivity contribution in [1.29, 1.82) is 0 Å².